The molecule has 1 amide bonds. The molecule has 1 fully saturated rings. The molecule has 1 unspecified atom stereocenters. The maximum Gasteiger partial charge on any atom is 0.227 e. The van der Waals surface area contributed by atoms with Crippen molar-refractivity contribution in [2.45, 2.75) is 6.92 Å². The van der Waals surface area contributed by atoms with E-state index in [1.165, 1.54) is 0 Å². The van der Waals surface area contributed by atoms with Crippen LogP contribution in [0.25, 0.3) is 0 Å². The van der Waals surface area contributed by atoms with Crippen molar-refractivity contribution >= 4 is 42.1 Å². The summed E-state index contributed by atoms with van der Waals surface area (Å²) < 4.78 is 0. The zero-order valence-electron chi connectivity index (χ0n) is 12.1. The van der Waals surface area contributed by atoms with Crippen molar-refractivity contribution in [1.82, 2.24) is 5.32 Å². The molecule has 0 bridgehead atoms. The van der Waals surface area contributed by atoms with Gasteiger partial charge in [-0.1, -0.05) is 19.1 Å². The van der Waals surface area contributed by atoms with Crippen LogP contribution in [0.3, 0.4) is 0 Å². The number of hydrogen-bond acceptors (Lipinski definition) is 3. The molecule has 0 saturated carbocycles. The molecule has 114 valence electrons. The van der Waals surface area contributed by atoms with Crippen molar-refractivity contribution in [2.24, 2.45) is 11.8 Å². The number of nitrogens with zero attached hydrogens (tertiary/aromatic N) is 1. The molecule has 1 atom stereocenters. The van der Waals surface area contributed by atoms with Crippen molar-refractivity contribution in [2.75, 3.05) is 37.4 Å². The van der Waals surface area contributed by atoms with Crippen LogP contribution >= 0.6 is 24.8 Å². The molecule has 1 heterocycles. The van der Waals surface area contributed by atoms with Crippen LogP contribution in [0.2, 0.25) is 0 Å². The normalized spacial score (nSPS) is 15.2. The highest BCUT2D eigenvalue weighted by Crippen LogP contribution is 2.25. The molecule has 0 aliphatic carbocycles. The lowest BCUT2D eigenvalue weighted by Gasteiger charge is -2.32. The highest BCUT2D eigenvalue weighted by atomic mass is 35.5. The van der Waals surface area contributed by atoms with Crippen LogP contribution in [0.5, 0.6) is 0 Å². The molecule has 6 heteroatoms. The molecular weight excluding hydrogens is 297 g/mol. The Kier molecular flexibility index (Phi) is 7.94. The van der Waals surface area contributed by atoms with Gasteiger partial charge in [0.1, 0.15) is 0 Å². The monoisotopic (exact) mass is 319 g/mol. The first-order valence-corrected chi connectivity index (χ1v) is 6.37. The molecule has 1 saturated heterocycles. The molecule has 2 rings (SSSR count). The lowest BCUT2D eigenvalue weighted by atomic mass is 9.88. The second-order valence-electron chi connectivity index (χ2n) is 5.11. The van der Waals surface area contributed by atoms with Crippen LogP contribution in [0, 0.1) is 11.8 Å². The minimum absolute atomic E-state index is 0. The zero-order chi connectivity index (χ0) is 13.1. The maximum absolute atomic E-state index is 12.2. The number of nitrogens with one attached hydrogen (secondary N) is 2. The average molecular weight is 320 g/mol. The van der Waals surface area contributed by atoms with Gasteiger partial charge in [0.15, 0.2) is 0 Å². The van der Waals surface area contributed by atoms with E-state index in [0.29, 0.717) is 5.92 Å². The molecule has 1 aromatic rings. The number of para-hydroxylation sites is 2. The van der Waals surface area contributed by atoms with E-state index in [-0.39, 0.29) is 36.6 Å². The summed E-state index contributed by atoms with van der Waals surface area (Å²) in [6.07, 6.45) is 0. The quantitative estimate of drug-likeness (QED) is 0.895. The summed E-state index contributed by atoms with van der Waals surface area (Å²) in [6.45, 7) is 3.90. The van der Waals surface area contributed by atoms with Gasteiger partial charge in [-0.05, 0) is 31.1 Å². The van der Waals surface area contributed by atoms with Gasteiger partial charge in [0.05, 0.1) is 11.4 Å². The van der Waals surface area contributed by atoms with Crippen LogP contribution in [-0.4, -0.2) is 33.1 Å². The summed E-state index contributed by atoms with van der Waals surface area (Å²) in [5.74, 6) is 0.633. The summed E-state index contributed by atoms with van der Waals surface area (Å²) >= 11 is 0. The first kappa shape index (κ1) is 19.0. The Bertz CT molecular complexity index is 436. The standard InChI is InChI=1S/C14H21N3O.2ClH/c1-10(11-8-15-9-11)14(18)16-12-6-4-5-7-13(12)17(2)3;;/h4-7,10-11,15H,8-9H2,1-3H3,(H,16,18);2*1H. The topological polar surface area (TPSA) is 44.4 Å². The lowest BCUT2D eigenvalue weighted by Crippen LogP contribution is -2.48. The zero-order valence-corrected chi connectivity index (χ0v) is 13.7. The number of anilines is 2. The van der Waals surface area contributed by atoms with Gasteiger partial charge in [-0.25, -0.2) is 0 Å². The van der Waals surface area contributed by atoms with Gasteiger partial charge < -0.3 is 15.5 Å². The highest BCUT2D eigenvalue weighted by Gasteiger charge is 2.28. The molecule has 0 spiro atoms. The van der Waals surface area contributed by atoms with Gasteiger partial charge in [-0.2, -0.15) is 0 Å². The van der Waals surface area contributed by atoms with Crippen LogP contribution in [0.15, 0.2) is 24.3 Å². The highest BCUT2D eigenvalue weighted by molar-refractivity contribution is 5.95. The molecular formula is C14H23Cl2N3O. The number of benzene rings is 1. The second kappa shape index (κ2) is 8.35. The van der Waals surface area contributed by atoms with Gasteiger partial charge in [0.25, 0.3) is 0 Å². The number of amides is 1. The van der Waals surface area contributed by atoms with E-state index in [1.807, 2.05) is 50.2 Å². The molecule has 0 radical (unpaired) electrons. The fraction of sp³-hybridized carbons (Fsp3) is 0.500. The Morgan fingerprint density at radius 2 is 1.90 bits per heavy atom. The van der Waals surface area contributed by atoms with Gasteiger partial charge in [0, 0.05) is 20.0 Å². The molecule has 2 N–H and O–H groups in total. The van der Waals surface area contributed by atoms with E-state index in [9.17, 15) is 4.79 Å². The van der Waals surface area contributed by atoms with Gasteiger partial charge >= 0.3 is 0 Å². The predicted molar refractivity (Wildman–Crippen MR) is 89.4 cm³/mol. The summed E-state index contributed by atoms with van der Waals surface area (Å²) in [7, 11) is 3.95. The van der Waals surface area contributed by atoms with E-state index < -0.39 is 0 Å². The maximum atomic E-state index is 12.2. The first-order chi connectivity index (χ1) is 8.59. The fourth-order valence-corrected chi connectivity index (χ4v) is 2.09. The molecule has 4 nitrogen and oxygen atoms in total. The van der Waals surface area contributed by atoms with Crippen LogP contribution in [-0.2, 0) is 4.79 Å². The number of hydrogen-bond donors (Lipinski definition) is 2. The molecule has 20 heavy (non-hydrogen) atoms. The van der Waals surface area contributed by atoms with Crippen LogP contribution in [0.1, 0.15) is 6.92 Å². The van der Waals surface area contributed by atoms with E-state index in [0.717, 1.165) is 24.5 Å². The third kappa shape index (κ3) is 4.27. The van der Waals surface area contributed by atoms with Crippen LogP contribution in [0.4, 0.5) is 11.4 Å². The lowest BCUT2D eigenvalue weighted by molar-refractivity contribution is -0.121. The Hall–Kier alpha value is -0.970. The van der Waals surface area contributed by atoms with Crippen molar-refractivity contribution in [3.8, 4) is 0 Å². The van der Waals surface area contributed by atoms with E-state index >= 15 is 0 Å². The predicted octanol–water partition coefficient (Wildman–Crippen LogP) is 2.39. The van der Waals surface area contributed by atoms with Crippen molar-refractivity contribution < 1.29 is 4.79 Å². The molecule has 0 aromatic heterocycles. The summed E-state index contributed by atoms with van der Waals surface area (Å²) in [5.41, 5.74) is 1.91. The Balaban J connectivity index is 0.00000180. The van der Waals surface area contributed by atoms with Gasteiger partial charge in [-0.15, -0.1) is 24.8 Å². The molecule has 1 aromatic carbocycles. The minimum Gasteiger partial charge on any atom is -0.376 e. The van der Waals surface area contributed by atoms with E-state index in [4.69, 9.17) is 0 Å². The number of halogens is 2. The SMILES string of the molecule is CC(C(=O)Nc1ccccc1N(C)C)C1CNC1.Cl.Cl. The smallest absolute Gasteiger partial charge is 0.227 e. The third-order valence-electron chi connectivity index (χ3n) is 3.58. The summed E-state index contributed by atoms with van der Waals surface area (Å²) in [4.78, 5) is 14.2. The number of carbonyl (C=O) groups is 1. The number of carbonyl (C=O) groups excluding carboxylic acids is 1. The van der Waals surface area contributed by atoms with Crippen molar-refractivity contribution in [1.29, 1.82) is 0 Å². The largest absolute Gasteiger partial charge is 0.376 e. The van der Waals surface area contributed by atoms with Gasteiger partial charge in [-0.3, -0.25) is 4.79 Å². The first-order valence-electron chi connectivity index (χ1n) is 6.37. The van der Waals surface area contributed by atoms with Crippen molar-refractivity contribution in [3.63, 3.8) is 0 Å². The number of rotatable bonds is 4. The fourth-order valence-electron chi connectivity index (χ4n) is 2.09. The summed E-state index contributed by atoms with van der Waals surface area (Å²) in [6, 6.07) is 7.87. The van der Waals surface area contributed by atoms with Crippen LogP contribution < -0.4 is 15.5 Å². The van der Waals surface area contributed by atoms with Gasteiger partial charge in [0.2, 0.25) is 5.91 Å². The molecule has 1 aliphatic rings. The Morgan fingerprint density at radius 3 is 2.40 bits per heavy atom. The average Bonchev–Trinajstić information content (AvgIpc) is 2.27. The van der Waals surface area contributed by atoms with Crippen molar-refractivity contribution in [3.05, 3.63) is 24.3 Å². The molecule has 1 aliphatic heterocycles. The Labute approximate surface area is 133 Å². The van der Waals surface area contributed by atoms with E-state index in [2.05, 4.69) is 10.6 Å². The minimum atomic E-state index is 0. The second-order valence-corrected chi connectivity index (χ2v) is 5.11. The summed E-state index contributed by atoms with van der Waals surface area (Å²) in [5, 5.41) is 6.23. The van der Waals surface area contributed by atoms with E-state index in [1.54, 1.807) is 0 Å². The third-order valence-corrected chi connectivity index (χ3v) is 3.58. The Morgan fingerprint density at radius 1 is 1.30 bits per heavy atom.